The van der Waals surface area contributed by atoms with E-state index in [2.05, 4.69) is 41.4 Å². The molecule has 2 heterocycles. The highest BCUT2D eigenvalue weighted by atomic mass is 16.6. The van der Waals surface area contributed by atoms with Crippen LogP contribution < -0.4 is 5.32 Å². The third-order valence-electron chi connectivity index (χ3n) is 9.92. The fraction of sp³-hybridized carbons (Fsp3) is 0.590. The van der Waals surface area contributed by atoms with E-state index in [1.165, 1.54) is 31.3 Å². The number of likely N-dealkylation sites (tertiary alicyclic amines) is 1. The van der Waals surface area contributed by atoms with Crippen LogP contribution in [0, 0.1) is 17.3 Å². The first-order chi connectivity index (χ1) is 21.8. The Morgan fingerprint density at radius 1 is 1.13 bits per heavy atom. The molecule has 46 heavy (non-hydrogen) atoms. The van der Waals surface area contributed by atoms with Crippen LogP contribution in [0.25, 0.3) is 6.08 Å². The number of hydrogen-bond donors (Lipinski definition) is 1. The minimum Gasteiger partial charge on any atom is -0.460 e. The number of Topliss-reactive ketones (excluding diaryl/α,β-unsaturated/α-hetero) is 1. The molecule has 1 N–H and O–H groups in total. The number of nitrogens with one attached hydrogen (secondary N) is 1. The molecule has 4 rings (SSSR count). The van der Waals surface area contributed by atoms with Gasteiger partial charge in [-0.1, -0.05) is 61.4 Å². The van der Waals surface area contributed by atoms with Gasteiger partial charge in [0.2, 0.25) is 11.8 Å². The van der Waals surface area contributed by atoms with E-state index in [1.54, 1.807) is 6.92 Å². The fourth-order valence-corrected chi connectivity index (χ4v) is 7.14. The average molecular weight is 631 g/mol. The number of ketones is 1. The molecular weight excluding hydrogens is 576 g/mol. The van der Waals surface area contributed by atoms with Gasteiger partial charge in [-0.15, -0.1) is 0 Å². The maximum absolute atomic E-state index is 12.5. The molecule has 0 bridgehead atoms. The minimum absolute atomic E-state index is 0.0315. The molecule has 2 unspecified atom stereocenters. The van der Waals surface area contributed by atoms with E-state index in [1.807, 2.05) is 45.1 Å². The van der Waals surface area contributed by atoms with E-state index in [0.717, 1.165) is 50.0 Å². The highest BCUT2D eigenvalue weighted by Crippen LogP contribution is 2.40. The number of hydrogen-bond acceptors (Lipinski definition) is 6. The number of carbonyl (C=O) groups excluding carboxylic acids is 4. The van der Waals surface area contributed by atoms with Crippen LogP contribution in [0.2, 0.25) is 0 Å². The molecule has 3 aliphatic rings. The molecule has 2 amide bonds. The van der Waals surface area contributed by atoms with E-state index in [-0.39, 0.29) is 29.5 Å². The number of piperidine rings is 2. The van der Waals surface area contributed by atoms with Crippen molar-refractivity contribution in [2.24, 2.45) is 17.3 Å². The van der Waals surface area contributed by atoms with Crippen molar-refractivity contribution in [3.63, 3.8) is 0 Å². The molecule has 1 aromatic carbocycles. The molecule has 7 heteroatoms. The van der Waals surface area contributed by atoms with Gasteiger partial charge in [-0.05, 0) is 121 Å². The summed E-state index contributed by atoms with van der Waals surface area (Å²) in [5.41, 5.74) is 3.85. The maximum Gasteiger partial charge on any atom is 0.310 e. The number of ether oxygens (including phenoxy) is 1. The van der Waals surface area contributed by atoms with Crippen LogP contribution in [0.1, 0.15) is 120 Å². The van der Waals surface area contributed by atoms with Crippen LogP contribution in [0.5, 0.6) is 0 Å². The van der Waals surface area contributed by atoms with Gasteiger partial charge >= 0.3 is 5.97 Å². The molecule has 1 aromatic rings. The van der Waals surface area contributed by atoms with Crippen molar-refractivity contribution in [2.45, 2.75) is 111 Å². The highest BCUT2D eigenvalue weighted by Gasteiger charge is 2.33. The molecule has 250 valence electrons. The second kappa shape index (κ2) is 16.0. The molecule has 0 radical (unpaired) electrons. The Labute approximate surface area is 275 Å². The Morgan fingerprint density at radius 2 is 1.89 bits per heavy atom. The zero-order valence-electron chi connectivity index (χ0n) is 28.7. The van der Waals surface area contributed by atoms with Crippen LogP contribution in [-0.2, 0) is 25.5 Å². The number of benzene rings is 1. The molecule has 0 spiro atoms. The van der Waals surface area contributed by atoms with E-state index in [4.69, 9.17) is 4.74 Å². The number of rotatable bonds is 13. The summed E-state index contributed by atoms with van der Waals surface area (Å²) < 4.78 is 5.51. The van der Waals surface area contributed by atoms with Gasteiger partial charge in [-0.3, -0.25) is 24.5 Å². The molecule has 2 atom stereocenters. The summed E-state index contributed by atoms with van der Waals surface area (Å²) >= 11 is 0. The van der Waals surface area contributed by atoms with Gasteiger partial charge in [-0.2, -0.15) is 0 Å². The van der Waals surface area contributed by atoms with Crippen molar-refractivity contribution >= 4 is 29.6 Å². The van der Waals surface area contributed by atoms with Crippen LogP contribution in [-0.4, -0.2) is 53.7 Å². The van der Waals surface area contributed by atoms with Crippen LogP contribution in [0.4, 0.5) is 0 Å². The van der Waals surface area contributed by atoms with Crippen molar-refractivity contribution in [3.8, 4) is 0 Å². The Bertz CT molecular complexity index is 1360. The summed E-state index contributed by atoms with van der Waals surface area (Å²) in [6, 6.07) is 6.04. The lowest BCUT2D eigenvalue weighted by atomic mass is 9.72. The topological polar surface area (TPSA) is 92.8 Å². The first kappa shape index (κ1) is 35.5. The smallest absolute Gasteiger partial charge is 0.310 e. The van der Waals surface area contributed by atoms with Crippen molar-refractivity contribution in [3.05, 3.63) is 64.8 Å². The lowest BCUT2D eigenvalue weighted by Gasteiger charge is -2.42. The molecule has 1 aliphatic carbocycles. The van der Waals surface area contributed by atoms with Gasteiger partial charge < -0.3 is 9.64 Å². The zero-order valence-corrected chi connectivity index (χ0v) is 28.7. The monoisotopic (exact) mass is 630 g/mol. The Hall–Kier alpha value is -3.32. The second-order valence-electron chi connectivity index (χ2n) is 14.7. The standard InChI is InChI=1S/C39H54N2O5/c1-6-39(20-22-41(23-21-39)27-31-14-13-30(24-31)26-36(44)46-38(3,4)5)19-8-7-10-29-15-16-32(34(25-29)28(2)42)11-9-12-33-17-18-35(43)40-37(33)45/h7,9-10,12-13,15-16,25,31,33H,6,8,11,14,17-24,26-27H2,1-5H3,(H,40,43,45)/b10-7+,12-9+. The number of amides is 2. The van der Waals surface area contributed by atoms with Gasteiger partial charge in [0.05, 0.1) is 12.3 Å². The fourth-order valence-electron chi connectivity index (χ4n) is 7.14. The number of allylic oxidation sites excluding steroid dienone is 3. The molecule has 2 aliphatic heterocycles. The quantitative estimate of drug-likeness (QED) is 0.106. The maximum atomic E-state index is 12.5. The highest BCUT2D eigenvalue weighted by molar-refractivity contribution is 5.99. The second-order valence-corrected chi connectivity index (χ2v) is 14.7. The van der Waals surface area contributed by atoms with Crippen molar-refractivity contribution < 1.29 is 23.9 Å². The van der Waals surface area contributed by atoms with Crippen molar-refractivity contribution in [1.82, 2.24) is 10.2 Å². The van der Waals surface area contributed by atoms with Crippen molar-refractivity contribution in [1.29, 1.82) is 0 Å². The molecule has 0 saturated carbocycles. The Morgan fingerprint density at radius 3 is 2.57 bits per heavy atom. The first-order valence-corrected chi connectivity index (χ1v) is 17.3. The molecule has 0 aromatic heterocycles. The Kier molecular flexibility index (Phi) is 12.4. The average Bonchev–Trinajstić information content (AvgIpc) is 3.43. The predicted molar refractivity (Wildman–Crippen MR) is 183 cm³/mol. The lowest BCUT2D eigenvalue weighted by molar-refractivity contribution is -0.154. The van der Waals surface area contributed by atoms with E-state index in [0.29, 0.717) is 42.6 Å². The summed E-state index contributed by atoms with van der Waals surface area (Å²) in [7, 11) is 0. The number of carbonyl (C=O) groups is 4. The summed E-state index contributed by atoms with van der Waals surface area (Å²) in [6.07, 6.45) is 20.2. The van der Waals surface area contributed by atoms with E-state index < -0.39 is 5.60 Å². The summed E-state index contributed by atoms with van der Waals surface area (Å²) in [4.78, 5) is 50.7. The summed E-state index contributed by atoms with van der Waals surface area (Å²) in [6.45, 7) is 13.1. The van der Waals surface area contributed by atoms with Gasteiger partial charge in [0.1, 0.15) is 5.60 Å². The molecule has 2 saturated heterocycles. The largest absolute Gasteiger partial charge is 0.460 e. The van der Waals surface area contributed by atoms with Crippen molar-refractivity contribution in [2.75, 3.05) is 19.6 Å². The third kappa shape index (κ3) is 10.6. The molecule has 7 nitrogen and oxygen atoms in total. The number of nitrogens with zero attached hydrogens (tertiary/aromatic N) is 1. The van der Waals surface area contributed by atoms with Gasteiger partial charge in [-0.25, -0.2) is 0 Å². The van der Waals surface area contributed by atoms with Crippen LogP contribution in [0.15, 0.2) is 48.1 Å². The van der Waals surface area contributed by atoms with E-state index in [9.17, 15) is 19.2 Å². The summed E-state index contributed by atoms with van der Waals surface area (Å²) in [5.74, 6) is -0.246. The Balaban J connectivity index is 1.21. The zero-order chi connectivity index (χ0) is 33.3. The SMILES string of the molecule is CCC1(CC/C=C/c2ccc(C/C=C/C3CCC(=O)NC3=O)c(C(C)=O)c2)CCN(CC2CC=C(CC(=O)OC(C)(C)C)C2)CC1. The number of esters is 1. The third-order valence-corrected chi connectivity index (χ3v) is 9.92. The van der Waals surface area contributed by atoms with Gasteiger partial charge in [0, 0.05) is 18.5 Å². The summed E-state index contributed by atoms with van der Waals surface area (Å²) in [5, 5.41) is 2.39. The predicted octanol–water partition coefficient (Wildman–Crippen LogP) is 7.39. The van der Waals surface area contributed by atoms with Gasteiger partial charge in [0.15, 0.2) is 5.78 Å². The first-order valence-electron chi connectivity index (χ1n) is 17.3. The van der Waals surface area contributed by atoms with Gasteiger partial charge in [0.25, 0.3) is 0 Å². The minimum atomic E-state index is -0.434. The van der Waals surface area contributed by atoms with E-state index >= 15 is 0 Å². The lowest BCUT2D eigenvalue weighted by Crippen LogP contribution is -2.41. The number of imide groups is 1. The van der Waals surface area contributed by atoms with Crippen LogP contribution in [0.3, 0.4) is 0 Å². The molecule has 2 fully saturated rings. The molecular formula is C39H54N2O5. The van der Waals surface area contributed by atoms with Crippen LogP contribution >= 0.6 is 0 Å². The normalized spacial score (nSPS) is 22.3.